The Morgan fingerprint density at radius 2 is 1.34 bits per heavy atom. The number of hydrogen-bond donors (Lipinski definition) is 6. The molecule has 0 rings (SSSR count). The van der Waals surface area contributed by atoms with Crippen LogP contribution in [-0.2, 0) is 24.0 Å². The summed E-state index contributed by atoms with van der Waals surface area (Å²) in [6, 6.07) is -4.34. The van der Waals surface area contributed by atoms with Crippen LogP contribution in [0.25, 0.3) is 0 Å². The molecule has 5 atom stereocenters. The van der Waals surface area contributed by atoms with Crippen molar-refractivity contribution in [3.8, 4) is 0 Å². The third kappa shape index (κ3) is 8.90. The van der Waals surface area contributed by atoms with Crippen molar-refractivity contribution in [2.24, 2.45) is 23.3 Å². The summed E-state index contributed by atoms with van der Waals surface area (Å²) in [5, 5.41) is 16.5. The molecule has 11 nitrogen and oxygen atoms in total. The van der Waals surface area contributed by atoms with E-state index in [1.807, 2.05) is 0 Å². The van der Waals surface area contributed by atoms with Crippen LogP contribution in [0.15, 0.2) is 0 Å². The molecule has 0 aromatic heterocycles. The molecule has 0 aliphatic rings. The highest BCUT2D eigenvalue weighted by molar-refractivity contribution is 5.95. The molecule has 0 aromatic rings. The Morgan fingerprint density at radius 1 is 0.862 bits per heavy atom. The molecule has 0 saturated heterocycles. The Hall–Kier alpha value is -2.69. The largest absolute Gasteiger partial charge is 0.480 e. The van der Waals surface area contributed by atoms with Gasteiger partial charge in [-0.3, -0.25) is 19.2 Å². The predicted molar refractivity (Wildman–Crippen MR) is 105 cm³/mol. The summed E-state index contributed by atoms with van der Waals surface area (Å²) in [6.07, 6.45) is -0.0776. The van der Waals surface area contributed by atoms with Gasteiger partial charge in [0.05, 0.1) is 12.5 Å². The lowest BCUT2D eigenvalue weighted by molar-refractivity contribution is -0.144. The quantitative estimate of drug-likeness (QED) is 0.222. The normalized spacial score (nSPS) is 16.1. The van der Waals surface area contributed by atoms with Gasteiger partial charge < -0.3 is 32.5 Å². The van der Waals surface area contributed by atoms with Crippen molar-refractivity contribution in [1.29, 1.82) is 0 Å². The highest BCUT2D eigenvalue weighted by Crippen LogP contribution is 2.11. The number of aliphatic carboxylic acids is 1. The van der Waals surface area contributed by atoms with Gasteiger partial charge in [-0.25, -0.2) is 4.79 Å². The van der Waals surface area contributed by atoms with Crippen molar-refractivity contribution in [2.45, 2.75) is 71.6 Å². The number of carbonyl (C=O) groups excluding carboxylic acids is 4. The van der Waals surface area contributed by atoms with E-state index in [1.165, 1.54) is 6.92 Å². The molecule has 0 aromatic carbocycles. The number of carbonyl (C=O) groups is 5. The topological polar surface area (TPSA) is 194 Å². The van der Waals surface area contributed by atoms with Crippen LogP contribution in [0.3, 0.4) is 0 Å². The summed E-state index contributed by atoms with van der Waals surface area (Å²) in [7, 11) is 0. The number of hydrogen-bond acceptors (Lipinski definition) is 6. The first-order valence-electron chi connectivity index (χ1n) is 9.49. The van der Waals surface area contributed by atoms with Gasteiger partial charge in [0.1, 0.15) is 18.1 Å². The summed E-state index contributed by atoms with van der Waals surface area (Å²) < 4.78 is 0. The molecule has 0 spiro atoms. The maximum Gasteiger partial charge on any atom is 0.326 e. The smallest absolute Gasteiger partial charge is 0.326 e. The highest BCUT2D eigenvalue weighted by atomic mass is 16.4. The number of amides is 4. The zero-order valence-corrected chi connectivity index (χ0v) is 17.5. The Bertz CT molecular complexity index is 622. The SMILES string of the molecule is CCC(C)C(NC(=O)C(NC(=O)C(C)N)C(C)C)C(=O)NC(CC(N)=O)C(=O)O. The third-order valence-corrected chi connectivity index (χ3v) is 4.47. The fraction of sp³-hybridized carbons (Fsp3) is 0.722. The van der Waals surface area contributed by atoms with Gasteiger partial charge >= 0.3 is 5.97 Å². The van der Waals surface area contributed by atoms with Gasteiger partial charge in [0.15, 0.2) is 0 Å². The number of carboxylic acid groups (broad SMARTS) is 1. The number of carboxylic acids is 1. The summed E-state index contributed by atoms with van der Waals surface area (Å²) in [5.74, 6) is -4.83. The van der Waals surface area contributed by atoms with E-state index in [-0.39, 0.29) is 11.8 Å². The number of primary amides is 1. The van der Waals surface area contributed by atoms with Crippen LogP contribution >= 0.6 is 0 Å². The molecule has 29 heavy (non-hydrogen) atoms. The lowest BCUT2D eigenvalue weighted by atomic mass is 9.96. The Balaban J connectivity index is 5.47. The Morgan fingerprint density at radius 3 is 1.72 bits per heavy atom. The molecule has 11 heteroatoms. The molecule has 0 bridgehead atoms. The minimum Gasteiger partial charge on any atom is -0.480 e. The molecule has 8 N–H and O–H groups in total. The van der Waals surface area contributed by atoms with Crippen LogP contribution in [0.1, 0.15) is 47.5 Å². The predicted octanol–water partition coefficient (Wildman–Crippen LogP) is -1.55. The zero-order valence-electron chi connectivity index (χ0n) is 17.5. The summed E-state index contributed by atoms with van der Waals surface area (Å²) in [6.45, 7) is 8.42. The van der Waals surface area contributed by atoms with Crippen molar-refractivity contribution in [2.75, 3.05) is 0 Å². The van der Waals surface area contributed by atoms with E-state index in [1.54, 1.807) is 27.7 Å². The van der Waals surface area contributed by atoms with Crippen LogP contribution in [0.2, 0.25) is 0 Å². The average molecular weight is 415 g/mol. The lowest BCUT2D eigenvalue weighted by Gasteiger charge is -2.29. The second kappa shape index (κ2) is 12.0. The molecule has 0 saturated carbocycles. The van der Waals surface area contributed by atoms with Crippen LogP contribution < -0.4 is 27.4 Å². The monoisotopic (exact) mass is 415 g/mol. The van der Waals surface area contributed by atoms with Crippen LogP contribution in [0.5, 0.6) is 0 Å². The van der Waals surface area contributed by atoms with Crippen molar-refractivity contribution in [3.63, 3.8) is 0 Å². The van der Waals surface area contributed by atoms with Gasteiger partial charge in [-0.2, -0.15) is 0 Å². The van der Waals surface area contributed by atoms with Gasteiger partial charge in [0, 0.05) is 0 Å². The van der Waals surface area contributed by atoms with E-state index in [2.05, 4.69) is 16.0 Å². The molecule has 0 fully saturated rings. The summed E-state index contributed by atoms with van der Waals surface area (Å²) in [5.41, 5.74) is 10.5. The van der Waals surface area contributed by atoms with Gasteiger partial charge in [0.2, 0.25) is 23.6 Å². The maximum atomic E-state index is 12.7. The van der Waals surface area contributed by atoms with E-state index in [0.717, 1.165) is 0 Å². The van der Waals surface area contributed by atoms with Crippen LogP contribution in [-0.4, -0.2) is 58.9 Å². The Kier molecular flexibility index (Phi) is 10.9. The van der Waals surface area contributed by atoms with Crippen molar-refractivity contribution in [3.05, 3.63) is 0 Å². The van der Waals surface area contributed by atoms with E-state index >= 15 is 0 Å². The van der Waals surface area contributed by atoms with Gasteiger partial charge in [-0.05, 0) is 18.8 Å². The standard InChI is InChI=1S/C18H33N5O6/c1-6-9(4)14(17(27)21-11(18(28)29)7-12(20)24)23-16(26)13(8(2)3)22-15(25)10(5)19/h8-11,13-14H,6-7,19H2,1-5H3,(H2,20,24)(H,21,27)(H,22,25)(H,23,26)(H,28,29). The second-order valence-electron chi connectivity index (χ2n) is 7.46. The van der Waals surface area contributed by atoms with E-state index in [4.69, 9.17) is 11.5 Å². The fourth-order valence-corrected chi connectivity index (χ4v) is 2.43. The molecular weight excluding hydrogens is 382 g/mol. The first-order chi connectivity index (χ1) is 13.3. The van der Waals surface area contributed by atoms with Gasteiger partial charge in [-0.1, -0.05) is 34.1 Å². The minimum absolute atomic E-state index is 0.292. The Labute approximate surface area is 170 Å². The van der Waals surface area contributed by atoms with Gasteiger partial charge in [-0.15, -0.1) is 0 Å². The fourth-order valence-electron chi connectivity index (χ4n) is 2.43. The molecule has 0 aliphatic heterocycles. The summed E-state index contributed by atoms with van der Waals surface area (Å²) in [4.78, 5) is 59.6. The highest BCUT2D eigenvalue weighted by Gasteiger charge is 2.33. The van der Waals surface area contributed by atoms with Crippen molar-refractivity contribution < 1.29 is 29.1 Å². The van der Waals surface area contributed by atoms with Gasteiger partial charge in [0.25, 0.3) is 0 Å². The molecule has 166 valence electrons. The number of nitrogens with one attached hydrogen (secondary N) is 3. The molecule has 0 radical (unpaired) electrons. The first-order valence-corrected chi connectivity index (χ1v) is 9.49. The number of rotatable bonds is 12. The first kappa shape index (κ1) is 26.3. The maximum absolute atomic E-state index is 12.7. The molecular formula is C18H33N5O6. The average Bonchev–Trinajstić information content (AvgIpc) is 2.61. The number of nitrogens with two attached hydrogens (primary N) is 2. The molecule has 0 heterocycles. The minimum atomic E-state index is -1.51. The summed E-state index contributed by atoms with van der Waals surface area (Å²) >= 11 is 0. The lowest BCUT2D eigenvalue weighted by Crippen LogP contribution is -2.59. The van der Waals surface area contributed by atoms with Crippen LogP contribution in [0, 0.1) is 11.8 Å². The molecule has 4 amide bonds. The second-order valence-corrected chi connectivity index (χ2v) is 7.46. The zero-order chi connectivity index (χ0) is 22.9. The molecule has 0 aliphatic carbocycles. The molecule has 5 unspecified atom stereocenters. The third-order valence-electron chi connectivity index (χ3n) is 4.47. The van der Waals surface area contributed by atoms with E-state index in [9.17, 15) is 29.1 Å². The van der Waals surface area contributed by atoms with E-state index in [0.29, 0.717) is 6.42 Å². The van der Waals surface area contributed by atoms with E-state index < -0.39 is 60.2 Å². The van der Waals surface area contributed by atoms with Crippen molar-refractivity contribution >= 4 is 29.6 Å². The van der Waals surface area contributed by atoms with Crippen molar-refractivity contribution in [1.82, 2.24) is 16.0 Å². The van der Waals surface area contributed by atoms with Crippen LogP contribution in [0.4, 0.5) is 0 Å².